The molecule has 2 N–H and O–H groups in total. The van der Waals surface area contributed by atoms with Gasteiger partial charge in [0.05, 0.1) is 19.0 Å². The average Bonchev–Trinajstić information content (AvgIpc) is 3.62. The van der Waals surface area contributed by atoms with E-state index in [1.54, 1.807) is 10.2 Å². The lowest BCUT2D eigenvalue weighted by atomic mass is 9.83. The van der Waals surface area contributed by atoms with Gasteiger partial charge in [-0.15, -0.1) is 0 Å². The van der Waals surface area contributed by atoms with E-state index in [0.29, 0.717) is 11.8 Å². The van der Waals surface area contributed by atoms with Gasteiger partial charge < -0.3 is 15.2 Å². The van der Waals surface area contributed by atoms with E-state index in [9.17, 15) is 9.90 Å². The molecule has 1 aliphatic heterocycles. The number of fused-ring (bicyclic) bond motifs is 1. The Balaban J connectivity index is 1.31. The molecular weight excluding hydrogens is 498 g/mol. The molecule has 3 aromatic carbocycles. The summed E-state index contributed by atoms with van der Waals surface area (Å²) in [4.78, 5) is 11.6. The second-order valence-corrected chi connectivity index (χ2v) is 11.1. The largest absolute Gasteiger partial charge is 0.480 e. The normalized spacial score (nSPS) is 17.1. The number of nitrogens with one attached hydrogen (secondary N) is 1. The van der Waals surface area contributed by atoms with Crippen molar-refractivity contribution in [1.29, 1.82) is 0 Å². The zero-order valence-electron chi connectivity index (χ0n) is 23.3. The summed E-state index contributed by atoms with van der Waals surface area (Å²) in [6.07, 6.45) is 8.16. The number of aromatic nitrogens is 2. The summed E-state index contributed by atoms with van der Waals surface area (Å²) in [7, 11) is 1.47. The Morgan fingerprint density at radius 3 is 2.67 bits per heavy atom. The quantitative estimate of drug-likeness (QED) is 0.268. The van der Waals surface area contributed by atoms with Gasteiger partial charge in [0.1, 0.15) is 5.56 Å². The van der Waals surface area contributed by atoms with E-state index in [0.717, 1.165) is 50.0 Å². The van der Waals surface area contributed by atoms with E-state index in [2.05, 4.69) is 65.9 Å². The van der Waals surface area contributed by atoms with Gasteiger partial charge in [-0.05, 0) is 115 Å². The van der Waals surface area contributed by atoms with Gasteiger partial charge in [0.25, 0.3) is 0 Å². The third-order valence-electron chi connectivity index (χ3n) is 8.77. The van der Waals surface area contributed by atoms with E-state index in [4.69, 9.17) is 4.74 Å². The van der Waals surface area contributed by atoms with Crippen LogP contribution in [-0.4, -0.2) is 41.1 Å². The molecular formula is C34H37N3O3. The molecule has 2 aliphatic rings. The highest BCUT2D eigenvalue weighted by molar-refractivity contribution is 5.90. The van der Waals surface area contributed by atoms with Crippen molar-refractivity contribution in [3.05, 3.63) is 100 Å². The first-order valence-corrected chi connectivity index (χ1v) is 14.5. The van der Waals surface area contributed by atoms with Gasteiger partial charge >= 0.3 is 5.97 Å². The Hall–Kier alpha value is -3.90. The van der Waals surface area contributed by atoms with Crippen LogP contribution >= 0.6 is 0 Å². The van der Waals surface area contributed by atoms with E-state index < -0.39 is 5.97 Å². The lowest BCUT2D eigenvalue weighted by molar-refractivity contribution is 0.0693. The molecule has 4 aromatic rings. The lowest BCUT2D eigenvalue weighted by Crippen LogP contribution is -2.27. The third-order valence-corrected chi connectivity index (χ3v) is 8.77. The monoisotopic (exact) mass is 535 g/mol. The van der Waals surface area contributed by atoms with Crippen LogP contribution in [0.5, 0.6) is 5.88 Å². The van der Waals surface area contributed by atoms with Crippen LogP contribution in [0.3, 0.4) is 0 Å². The molecule has 1 fully saturated rings. The zero-order chi connectivity index (χ0) is 27.6. The molecule has 2 heterocycles. The van der Waals surface area contributed by atoms with Gasteiger partial charge in [-0.3, -0.25) is 0 Å². The number of piperidine rings is 1. The van der Waals surface area contributed by atoms with Crippen molar-refractivity contribution in [1.82, 2.24) is 15.1 Å². The third kappa shape index (κ3) is 4.92. The second-order valence-electron chi connectivity index (χ2n) is 11.1. The highest BCUT2D eigenvalue weighted by atomic mass is 16.5. The molecule has 6 rings (SSSR count). The first-order valence-electron chi connectivity index (χ1n) is 14.5. The molecule has 1 aromatic heterocycles. The van der Waals surface area contributed by atoms with E-state index in [1.807, 2.05) is 12.1 Å². The number of aromatic carboxylic acids is 1. The number of benzene rings is 3. The van der Waals surface area contributed by atoms with Gasteiger partial charge in [-0.1, -0.05) is 55.5 Å². The molecule has 0 bridgehead atoms. The molecule has 0 radical (unpaired) electrons. The Labute approximate surface area is 236 Å². The second kappa shape index (κ2) is 11.3. The van der Waals surface area contributed by atoms with Crippen LogP contribution in [0.25, 0.3) is 16.8 Å². The molecule has 1 atom stereocenters. The summed E-state index contributed by atoms with van der Waals surface area (Å²) < 4.78 is 6.98. The van der Waals surface area contributed by atoms with Crippen molar-refractivity contribution in [3.63, 3.8) is 0 Å². The maximum absolute atomic E-state index is 11.6. The Morgan fingerprint density at radius 1 is 1.07 bits per heavy atom. The van der Waals surface area contributed by atoms with Crippen LogP contribution in [0, 0.1) is 0 Å². The van der Waals surface area contributed by atoms with Crippen molar-refractivity contribution < 1.29 is 14.6 Å². The first-order chi connectivity index (χ1) is 19.6. The molecule has 6 nitrogen and oxygen atoms in total. The van der Waals surface area contributed by atoms with Crippen molar-refractivity contribution >= 4 is 5.97 Å². The van der Waals surface area contributed by atoms with Crippen molar-refractivity contribution in [2.75, 3.05) is 20.2 Å². The Morgan fingerprint density at radius 2 is 1.90 bits per heavy atom. The predicted molar refractivity (Wildman–Crippen MR) is 158 cm³/mol. The molecule has 40 heavy (non-hydrogen) atoms. The van der Waals surface area contributed by atoms with Crippen LogP contribution in [0.15, 0.2) is 66.9 Å². The lowest BCUT2D eigenvalue weighted by Gasteiger charge is -2.26. The van der Waals surface area contributed by atoms with Crippen LogP contribution < -0.4 is 10.1 Å². The molecule has 0 amide bonds. The number of methoxy groups -OCH3 is 1. The van der Waals surface area contributed by atoms with E-state index in [-0.39, 0.29) is 11.4 Å². The average molecular weight is 536 g/mol. The Kier molecular flexibility index (Phi) is 7.44. The maximum atomic E-state index is 11.6. The first kappa shape index (κ1) is 26.3. The topological polar surface area (TPSA) is 76.4 Å². The fraction of sp³-hybridized carbons (Fsp3) is 0.353. The minimum Gasteiger partial charge on any atom is -0.480 e. The number of carboxylic acids is 1. The number of hydrogen-bond acceptors (Lipinski definition) is 4. The summed E-state index contributed by atoms with van der Waals surface area (Å²) in [6, 6.07) is 22.1. The fourth-order valence-electron chi connectivity index (χ4n) is 6.82. The summed E-state index contributed by atoms with van der Waals surface area (Å²) in [5, 5.41) is 17.3. The number of hydrogen-bond donors (Lipinski definition) is 2. The molecule has 0 spiro atoms. The molecule has 206 valence electrons. The number of carbonyl (C=O) groups is 1. The van der Waals surface area contributed by atoms with Gasteiger partial charge in [0, 0.05) is 0 Å². The van der Waals surface area contributed by atoms with Gasteiger partial charge in [0.15, 0.2) is 0 Å². The minimum absolute atomic E-state index is 0.0474. The number of ether oxygens (including phenoxy) is 1. The summed E-state index contributed by atoms with van der Waals surface area (Å²) in [6.45, 7) is 4.52. The minimum atomic E-state index is -1.06. The van der Waals surface area contributed by atoms with Crippen LogP contribution in [0.4, 0.5) is 0 Å². The van der Waals surface area contributed by atoms with Crippen LogP contribution in [0.1, 0.15) is 76.2 Å². The van der Waals surface area contributed by atoms with Crippen LogP contribution in [-0.2, 0) is 19.3 Å². The van der Waals surface area contributed by atoms with Crippen molar-refractivity contribution in [2.24, 2.45) is 0 Å². The number of aryl methyl sites for hydroxylation is 2. The molecule has 1 saturated heterocycles. The predicted octanol–water partition coefficient (Wildman–Crippen LogP) is 6.55. The number of nitrogens with zero attached hydrogens (tertiary/aromatic N) is 2. The number of rotatable bonds is 8. The molecule has 0 unspecified atom stereocenters. The van der Waals surface area contributed by atoms with Crippen LogP contribution in [0.2, 0.25) is 0 Å². The Bertz CT molecular complexity index is 1530. The van der Waals surface area contributed by atoms with E-state index >= 15 is 0 Å². The SMILES string of the molecule is CCc1cc(C[C@H]2CCc3cccc(-c4cccc(-n5ncc(C(=O)O)c5OC)c4)c32)ccc1C1CCNCC1. The van der Waals surface area contributed by atoms with Crippen molar-refractivity contribution in [2.45, 2.75) is 57.3 Å². The van der Waals surface area contributed by atoms with Crippen molar-refractivity contribution in [3.8, 4) is 22.7 Å². The molecule has 6 heteroatoms. The summed E-state index contributed by atoms with van der Waals surface area (Å²) in [5.74, 6) is 0.303. The maximum Gasteiger partial charge on any atom is 0.342 e. The van der Waals surface area contributed by atoms with Gasteiger partial charge in [0.2, 0.25) is 5.88 Å². The zero-order valence-corrected chi connectivity index (χ0v) is 23.3. The van der Waals surface area contributed by atoms with E-state index in [1.165, 1.54) is 54.0 Å². The van der Waals surface area contributed by atoms with Gasteiger partial charge in [-0.2, -0.15) is 5.10 Å². The highest BCUT2D eigenvalue weighted by Crippen LogP contribution is 2.42. The smallest absolute Gasteiger partial charge is 0.342 e. The standard InChI is InChI=1S/C34H37N3O3/c1-3-23-18-22(10-13-29(23)24-14-16-35-17-15-24)19-27-12-11-25-6-5-9-30(32(25)27)26-7-4-8-28(20-26)37-33(40-2)31(21-36-37)34(38)39/h4-10,13,18,20-21,24,27,35H,3,11-12,14-17,19H2,1-2H3,(H,38,39)/t27-/m1/s1. The highest BCUT2D eigenvalue weighted by Gasteiger charge is 2.27. The molecule has 0 saturated carbocycles. The summed E-state index contributed by atoms with van der Waals surface area (Å²) in [5.41, 5.74) is 10.5. The molecule has 1 aliphatic carbocycles. The van der Waals surface area contributed by atoms with Gasteiger partial charge in [-0.25, -0.2) is 9.48 Å². The fourth-order valence-corrected chi connectivity index (χ4v) is 6.82. The number of carboxylic acid groups (broad SMARTS) is 1. The summed E-state index contributed by atoms with van der Waals surface area (Å²) >= 11 is 0.